The molecule has 0 saturated carbocycles. The Kier molecular flexibility index (Phi) is 6.89. The number of amides is 1. The number of carbonyl (C=O) groups is 1. The zero-order chi connectivity index (χ0) is 20.0. The van der Waals surface area contributed by atoms with Gasteiger partial charge in [-0.05, 0) is 32.4 Å². The standard InChI is InChI=1S/C18H25FN6O2/c1-4-7-27-15-8-12(5-6-22-15)24-17-13(16(21)26)9-14(19)18(25-17)23-11(3)10(2)20/h5-6,8-11H,4,7,20H2,1-3H3,(H2,21,26)(H2,22,23,24,25)/t10-,11+/m0/s1. The van der Waals surface area contributed by atoms with Crippen LogP contribution in [0, 0.1) is 5.82 Å². The third-order valence-electron chi connectivity index (χ3n) is 3.85. The molecule has 0 aromatic carbocycles. The fourth-order valence-corrected chi connectivity index (χ4v) is 2.13. The van der Waals surface area contributed by atoms with Gasteiger partial charge in [-0.2, -0.15) is 0 Å². The van der Waals surface area contributed by atoms with Gasteiger partial charge in [0.1, 0.15) is 5.82 Å². The average Bonchev–Trinajstić information content (AvgIpc) is 2.62. The van der Waals surface area contributed by atoms with Crippen molar-refractivity contribution >= 4 is 23.2 Å². The summed E-state index contributed by atoms with van der Waals surface area (Å²) in [7, 11) is 0. The number of nitrogens with zero attached hydrogens (tertiary/aromatic N) is 2. The number of primary amides is 1. The van der Waals surface area contributed by atoms with Gasteiger partial charge >= 0.3 is 0 Å². The lowest BCUT2D eigenvalue weighted by Crippen LogP contribution is -2.35. The van der Waals surface area contributed by atoms with Gasteiger partial charge in [0.2, 0.25) is 5.88 Å². The molecule has 0 unspecified atom stereocenters. The molecule has 2 atom stereocenters. The first-order chi connectivity index (χ1) is 12.8. The van der Waals surface area contributed by atoms with Crippen molar-refractivity contribution in [2.24, 2.45) is 11.5 Å². The number of anilines is 3. The van der Waals surface area contributed by atoms with E-state index < -0.39 is 11.7 Å². The minimum absolute atomic E-state index is 0.0242. The molecule has 1 amide bonds. The van der Waals surface area contributed by atoms with Crippen LogP contribution in [0.25, 0.3) is 0 Å². The van der Waals surface area contributed by atoms with Crippen molar-refractivity contribution in [1.82, 2.24) is 9.97 Å². The van der Waals surface area contributed by atoms with Gasteiger partial charge in [0.15, 0.2) is 11.6 Å². The van der Waals surface area contributed by atoms with Gasteiger partial charge in [-0.15, -0.1) is 0 Å². The Labute approximate surface area is 157 Å². The molecule has 0 saturated heterocycles. The van der Waals surface area contributed by atoms with Crippen LogP contribution in [-0.4, -0.2) is 34.6 Å². The maximum atomic E-state index is 14.3. The number of rotatable bonds is 9. The van der Waals surface area contributed by atoms with Crippen LogP contribution in [0.5, 0.6) is 5.88 Å². The van der Waals surface area contributed by atoms with E-state index in [1.54, 1.807) is 32.2 Å². The second-order valence-electron chi connectivity index (χ2n) is 6.23. The Morgan fingerprint density at radius 2 is 2.07 bits per heavy atom. The number of ether oxygens (including phenoxy) is 1. The van der Waals surface area contributed by atoms with Gasteiger partial charge < -0.3 is 26.8 Å². The van der Waals surface area contributed by atoms with Gasteiger partial charge in [0, 0.05) is 30.0 Å². The van der Waals surface area contributed by atoms with Crippen molar-refractivity contribution < 1.29 is 13.9 Å². The molecule has 0 bridgehead atoms. The number of carbonyl (C=O) groups excluding carboxylic acids is 1. The fourth-order valence-electron chi connectivity index (χ4n) is 2.13. The molecule has 2 rings (SSSR count). The Bertz CT molecular complexity index is 799. The van der Waals surface area contributed by atoms with E-state index in [1.807, 2.05) is 6.92 Å². The molecule has 27 heavy (non-hydrogen) atoms. The normalized spacial score (nSPS) is 12.9. The third-order valence-corrected chi connectivity index (χ3v) is 3.85. The van der Waals surface area contributed by atoms with Crippen LogP contribution in [-0.2, 0) is 0 Å². The third kappa shape index (κ3) is 5.52. The number of hydrogen-bond acceptors (Lipinski definition) is 7. The highest BCUT2D eigenvalue weighted by Crippen LogP contribution is 2.25. The second kappa shape index (κ2) is 9.13. The zero-order valence-corrected chi connectivity index (χ0v) is 15.6. The minimum Gasteiger partial charge on any atom is -0.478 e. The topological polar surface area (TPSA) is 128 Å². The molecule has 0 aliphatic heterocycles. The smallest absolute Gasteiger partial charge is 0.252 e. The van der Waals surface area contributed by atoms with Crippen molar-refractivity contribution in [3.8, 4) is 5.88 Å². The monoisotopic (exact) mass is 376 g/mol. The summed E-state index contributed by atoms with van der Waals surface area (Å²) in [5.74, 6) is -0.969. The van der Waals surface area contributed by atoms with E-state index in [0.717, 1.165) is 12.5 Å². The number of aromatic nitrogens is 2. The lowest BCUT2D eigenvalue weighted by molar-refractivity contribution is 0.100. The van der Waals surface area contributed by atoms with Crippen molar-refractivity contribution in [3.05, 3.63) is 35.8 Å². The quantitative estimate of drug-likeness (QED) is 0.529. The van der Waals surface area contributed by atoms with E-state index in [4.69, 9.17) is 16.2 Å². The van der Waals surface area contributed by atoms with Crippen molar-refractivity contribution in [2.75, 3.05) is 17.2 Å². The molecule has 146 valence electrons. The van der Waals surface area contributed by atoms with Crippen LogP contribution in [0.3, 0.4) is 0 Å². The molecule has 0 spiro atoms. The summed E-state index contributed by atoms with van der Waals surface area (Å²) < 4.78 is 19.8. The fraction of sp³-hybridized carbons (Fsp3) is 0.389. The summed E-state index contributed by atoms with van der Waals surface area (Å²) in [5.41, 5.74) is 11.7. The number of hydrogen-bond donors (Lipinski definition) is 4. The first-order valence-corrected chi connectivity index (χ1v) is 8.70. The summed E-state index contributed by atoms with van der Waals surface area (Å²) in [4.78, 5) is 20.0. The molecule has 0 aliphatic rings. The maximum absolute atomic E-state index is 14.3. The van der Waals surface area contributed by atoms with Gasteiger partial charge in [-0.1, -0.05) is 6.92 Å². The largest absolute Gasteiger partial charge is 0.478 e. The Balaban J connectivity index is 2.34. The average molecular weight is 376 g/mol. The van der Waals surface area contributed by atoms with Crippen LogP contribution in [0.2, 0.25) is 0 Å². The lowest BCUT2D eigenvalue weighted by atomic mass is 10.2. The summed E-state index contributed by atoms with van der Waals surface area (Å²) in [5, 5.41) is 5.87. The first kappa shape index (κ1) is 20.4. The summed E-state index contributed by atoms with van der Waals surface area (Å²) in [6.45, 7) is 6.12. The minimum atomic E-state index is -0.799. The second-order valence-corrected chi connectivity index (χ2v) is 6.23. The molecule has 9 heteroatoms. The number of nitrogens with one attached hydrogen (secondary N) is 2. The van der Waals surface area contributed by atoms with Crippen molar-refractivity contribution in [3.63, 3.8) is 0 Å². The van der Waals surface area contributed by atoms with Crippen molar-refractivity contribution in [2.45, 2.75) is 39.3 Å². The Hall–Kier alpha value is -2.94. The first-order valence-electron chi connectivity index (χ1n) is 8.70. The predicted octanol–water partition coefficient (Wildman–Crippen LogP) is 2.39. The summed E-state index contributed by atoms with van der Waals surface area (Å²) >= 11 is 0. The van der Waals surface area contributed by atoms with E-state index in [0.29, 0.717) is 18.2 Å². The number of halogens is 1. The van der Waals surface area contributed by atoms with Gasteiger partial charge in [-0.3, -0.25) is 4.79 Å². The Morgan fingerprint density at radius 3 is 2.70 bits per heavy atom. The van der Waals surface area contributed by atoms with Crippen LogP contribution < -0.4 is 26.8 Å². The maximum Gasteiger partial charge on any atom is 0.252 e. The zero-order valence-electron chi connectivity index (χ0n) is 15.6. The SMILES string of the molecule is CCCOc1cc(Nc2nc(N[C@H](C)[C@H](C)N)c(F)cc2C(N)=O)ccn1. The van der Waals surface area contributed by atoms with E-state index in [1.165, 1.54) is 0 Å². The van der Waals surface area contributed by atoms with Crippen LogP contribution >= 0.6 is 0 Å². The van der Waals surface area contributed by atoms with E-state index in [9.17, 15) is 9.18 Å². The molecule has 2 aromatic heterocycles. The molecule has 6 N–H and O–H groups in total. The number of nitrogens with two attached hydrogens (primary N) is 2. The van der Waals surface area contributed by atoms with Crippen LogP contribution in [0.4, 0.5) is 21.7 Å². The Morgan fingerprint density at radius 1 is 1.33 bits per heavy atom. The summed E-state index contributed by atoms with van der Waals surface area (Å²) in [6, 6.07) is 3.92. The predicted molar refractivity (Wildman–Crippen MR) is 103 cm³/mol. The highest BCUT2D eigenvalue weighted by Gasteiger charge is 2.18. The van der Waals surface area contributed by atoms with Crippen molar-refractivity contribution in [1.29, 1.82) is 0 Å². The van der Waals surface area contributed by atoms with E-state index in [2.05, 4.69) is 20.6 Å². The van der Waals surface area contributed by atoms with Crippen LogP contribution in [0.1, 0.15) is 37.6 Å². The van der Waals surface area contributed by atoms with Gasteiger partial charge in [0.05, 0.1) is 12.2 Å². The van der Waals surface area contributed by atoms with Gasteiger partial charge in [-0.25, -0.2) is 14.4 Å². The summed E-state index contributed by atoms with van der Waals surface area (Å²) in [6.07, 6.45) is 2.40. The van der Waals surface area contributed by atoms with E-state index >= 15 is 0 Å². The molecule has 0 radical (unpaired) electrons. The van der Waals surface area contributed by atoms with E-state index in [-0.39, 0.29) is 29.3 Å². The molecular formula is C18H25FN6O2. The lowest BCUT2D eigenvalue weighted by Gasteiger charge is -2.20. The molecular weight excluding hydrogens is 351 g/mol. The number of pyridine rings is 2. The molecule has 0 aliphatic carbocycles. The molecule has 0 fully saturated rings. The molecule has 2 heterocycles. The highest BCUT2D eigenvalue weighted by atomic mass is 19.1. The molecule has 2 aromatic rings. The molecule has 8 nitrogen and oxygen atoms in total. The van der Waals surface area contributed by atoms with Crippen LogP contribution in [0.15, 0.2) is 24.4 Å². The van der Waals surface area contributed by atoms with Gasteiger partial charge in [0.25, 0.3) is 5.91 Å². The highest BCUT2D eigenvalue weighted by molar-refractivity contribution is 5.98.